The number of amides is 1. The van der Waals surface area contributed by atoms with Crippen molar-refractivity contribution in [3.63, 3.8) is 0 Å². The van der Waals surface area contributed by atoms with Crippen LogP contribution < -0.4 is 24.4 Å². The largest absolute Gasteiger partial charge is 0.496 e. The van der Waals surface area contributed by atoms with Crippen molar-refractivity contribution in [2.75, 3.05) is 21.3 Å². The summed E-state index contributed by atoms with van der Waals surface area (Å²) in [5.41, 5.74) is 3.78. The summed E-state index contributed by atoms with van der Waals surface area (Å²) >= 11 is 0. The van der Waals surface area contributed by atoms with Crippen molar-refractivity contribution in [3.8, 4) is 23.0 Å². The number of aromatic nitrogens is 1. The van der Waals surface area contributed by atoms with Gasteiger partial charge in [-0.25, -0.2) is 5.43 Å². The first-order valence-electron chi connectivity index (χ1n) is 9.20. The van der Waals surface area contributed by atoms with Crippen LogP contribution in [0.3, 0.4) is 0 Å². The average Bonchev–Trinajstić information content (AvgIpc) is 2.78. The minimum absolute atomic E-state index is 0.404. The number of hydrogen-bond acceptors (Lipinski definition) is 7. The fraction of sp³-hybridized carbons (Fsp3) is 0.227. The van der Waals surface area contributed by atoms with E-state index in [4.69, 9.17) is 18.9 Å². The minimum Gasteiger partial charge on any atom is -0.496 e. The molecule has 0 spiro atoms. The molecule has 156 valence electrons. The van der Waals surface area contributed by atoms with Crippen molar-refractivity contribution in [1.29, 1.82) is 0 Å². The molecule has 0 unspecified atom stereocenters. The van der Waals surface area contributed by atoms with Crippen molar-refractivity contribution in [2.45, 2.75) is 13.0 Å². The highest BCUT2D eigenvalue weighted by atomic mass is 16.5. The second-order valence-electron chi connectivity index (χ2n) is 6.27. The van der Waals surface area contributed by atoms with E-state index in [1.807, 2.05) is 24.3 Å². The fourth-order valence-electron chi connectivity index (χ4n) is 2.83. The van der Waals surface area contributed by atoms with Gasteiger partial charge < -0.3 is 18.9 Å². The maximum atomic E-state index is 12.4. The third kappa shape index (κ3) is 4.60. The van der Waals surface area contributed by atoms with Crippen LogP contribution in [0, 0.1) is 0 Å². The van der Waals surface area contributed by atoms with Gasteiger partial charge in [0.15, 0.2) is 17.6 Å². The number of carbonyl (C=O) groups is 1. The van der Waals surface area contributed by atoms with Crippen molar-refractivity contribution in [1.82, 2.24) is 10.4 Å². The topological polar surface area (TPSA) is 91.3 Å². The van der Waals surface area contributed by atoms with Crippen LogP contribution in [-0.4, -0.2) is 44.5 Å². The summed E-state index contributed by atoms with van der Waals surface area (Å²) in [7, 11) is 4.61. The smallest absolute Gasteiger partial charge is 0.280 e. The molecule has 1 atom stereocenters. The number of carbonyl (C=O) groups excluding carboxylic acids is 1. The summed E-state index contributed by atoms with van der Waals surface area (Å²) in [5.74, 6) is 1.70. The molecule has 0 saturated carbocycles. The van der Waals surface area contributed by atoms with Gasteiger partial charge >= 0.3 is 0 Å². The monoisotopic (exact) mass is 409 g/mol. The van der Waals surface area contributed by atoms with E-state index in [1.54, 1.807) is 31.3 Å². The van der Waals surface area contributed by atoms with Crippen molar-refractivity contribution >= 4 is 23.0 Å². The molecule has 1 heterocycles. The van der Waals surface area contributed by atoms with E-state index in [2.05, 4.69) is 15.5 Å². The first kappa shape index (κ1) is 20.9. The number of fused-ring (bicyclic) bond motifs is 1. The highest BCUT2D eigenvalue weighted by Gasteiger charge is 2.16. The highest BCUT2D eigenvalue weighted by Crippen LogP contribution is 2.33. The molecule has 8 heteroatoms. The summed E-state index contributed by atoms with van der Waals surface area (Å²) in [6.45, 7) is 1.64. The van der Waals surface area contributed by atoms with Crippen LogP contribution in [-0.2, 0) is 4.79 Å². The lowest BCUT2D eigenvalue weighted by molar-refractivity contribution is -0.127. The molecule has 1 aromatic heterocycles. The molecule has 3 aromatic rings. The molecule has 0 saturated heterocycles. The zero-order valence-corrected chi connectivity index (χ0v) is 17.2. The van der Waals surface area contributed by atoms with Crippen molar-refractivity contribution in [2.24, 2.45) is 5.10 Å². The second-order valence-corrected chi connectivity index (χ2v) is 6.27. The number of ether oxygens (including phenoxy) is 4. The predicted molar refractivity (Wildman–Crippen MR) is 114 cm³/mol. The molecule has 2 aromatic carbocycles. The SMILES string of the molecule is COc1cc(OC)c(OC)cc1/C=N\NC(=O)[C@H](C)Oc1cccc2cccnc12. The molecular weight excluding hydrogens is 386 g/mol. The van der Waals surface area contributed by atoms with Gasteiger partial charge in [0.2, 0.25) is 0 Å². The number of methoxy groups -OCH3 is 3. The van der Waals surface area contributed by atoms with E-state index >= 15 is 0 Å². The van der Waals surface area contributed by atoms with Crippen molar-refractivity contribution in [3.05, 3.63) is 54.2 Å². The van der Waals surface area contributed by atoms with E-state index in [0.29, 0.717) is 34.1 Å². The molecule has 1 amide bonds. The molecule has 0 radical (unpaired) electrons. The Hall–Kier alpha value is -3.81. The fourth-order valence-corrected chi connectivity index (χ4v) is 2.83. The van der Waals surface area contributed by atoms with E-state index in [0.717, 1.165) is 5.39 Å². The Balaban J connectivity index is 1.70. The van der Waals surface area contributed by atoms with Crippen LogP contribution in [0.15, 0.2) is 53.8 Å². The standard InChI is InChI=1S/C22H23N3O5/c1-14(30-17-9-5-7-15-8-6-10-23-21(15)17)22(26)25-24-13-16-11-19(28-3)20(29-4)12-18(16)27-2/h5-14H,1-4H3,(H,25,26)/b24-13-/t14-/m0/s1. The Bertz CT molecular complexity index is 1060. The van der Waals surface area contributed by atoms with Crippen LogP contribution in [0.1, 0.15) is 12.5 Å². The maximum Gasteiger partial charge on any atom is 0.280 e. The number of pyridine rings is 1. The number of nitrogens with one attached hydrogen (secondary N) is 1. The van der Waals surface area contributed by atoms with Gasteiger partial charge in [-0.15, -0.1) is 0 Å². The molecular formula is C22H23N3O5. The summed E-state index contributed by atoms with van der Waals surface area (Å²) in [5, 5.41) is 4.94. The summed E-state index contributed by atoms with van der Waals surface area (Å²) in [6, 6.07) is 12.7. The van der Waals surface area contributed by atoms with Gasteiger partial charge in [0.25, 0.3) is 5.91 Å². The molecule has 0 bridgehead atoms. The Morgan fingerprint density at radius 2 is 1.70 bits per heavy atom. The Kier molecular flexibility index (Phi) is 6.69. The molecule has 3 rings (SSSR count). The lowest BCUT2D eigenvalue weighted by Crippen LogP contribution is -2.33. The summed E-state index contributed by atoms with van der Waals surface area (Å²) < 4.78 is 21.7. The highest BCUT2D eigenvalue weighted by molar-refractivity contribution is 5.88. The summed E-state index contributed by atoms with van der Waals surface area (Å²) in [4.78, 5) is 16.7. The lowest BCUT2D eigenvalue weighted by Gasteiger charge is -2.14. The van der Waals surface area contributed by atoms with Crippen LogP contribution in [0.2, 0.25) is 0 Å². The van der Waals surface area contributed by atoms with Crippen LogP contribution in [0.25, 0.3) is 10.9 Å². The molecule has 0 aliphatic carbocycles. The molecule has 0 aliphatic heterocycles. The van der Waals surface area contributed by atoms with Gasteiger partial charge in [-0.05, 0) is 25.1 Å². The third-order valence-corrected chi connectivity index (χ3v) is 4.38. The van der Waals surface area contributed by atoms with Gasteiger partial charge in [-0.2, -0.15) is 5.10 Å². The zero-order chi connectivity index (χ0) is 21.5. The Morgan fingerprint density at radius 1 is 1.00 bits per heavy atom. The first-order chi connectivity index (χ1) is 14.6. The average molecular weight is 409 g/mol. The van der Waals surface area contributed by atoms with Crippen LogP contribution in [0.5, 0.6) is 23.0 Å². The van der Waals surface area contributed by atoms with Crippen LogP contribution >= 0.6 is 0 Å². The van der Waals surface area contributed by atoms with Crippen LogP contribution in [0.4, 0.5) is 0 Å². The van der Waals surface area contributed by atoms with E-state index < -0.39 is 12.0 Å². The third-order valence-electron chi connectivity index (χ3n) is 4.38. The maximum absolute atomic E-state index is 12.4. The molecule has 1 N–H and O–H groups in total. The van der Waals surface area contributed by atoms with Crippen molar-refractivity contribution < 1.29 is 23.7 Å². The number of para-hydroxylation sites is 1. The van der Waals surface area contributed by atoms with E-state index in [9.17, 15) is 4.79 Å². The Morgan fingerprint density at radius 3 is 2.43 bits per heavy atom. The van der Waals surface area contributed by atoms with E-state index in [-0.39, 0.29) is 0 Å². The van der Waals surface area contributed by atoms with E-state index in [1.165, 1.54) is 27.5 Å². The molecule has 8 nitrogen and oxygen atoms in total. The van der Waals surface area contributed by atoms with Gasteiger partial charge in [-0.1, -0.05) is 18.2 Å². The number of hydrogen-bond donors (Lipinski definition) is 1. The van der Waals surface area contributed by atoms with Gasteiger partial charge in [0.1, 0.15) is 17.0 Å². The normalized spacial score (nSPS) is 11.9. The van der Waals surface area contributed by atoms with Gasteiger partial charge in [-0.3, -0.25) is 9.78 Å². The lowest BCUT2D eigenvalue weighted by atomic mass is 10.2. The second kappa shape index (κ2) is 9.60. The molecule has 30 heavy (non-hydrogen) atoms. The summed E-state index contributed by atoms with van der Waals surface area (Å²) in [6.07, 6.45) is 2.37. The van der Waals surface area contributed by atoms with Gasteiger partial charge in [0, 0.05) is 23.2 Å². The number of hydrazone groups is 1. The number of rotatable bonds is 8. The molecule has 0 aliphatic rings. The minimum atomic E-state index is -0.776. The quantitative estimate of drug-likeness (QED) is 0.454. The number of nitrogens with zero attached hydrogens (tertiary/aromatic N) is 2. The van der Waals surface area contributed by atoms with Gasteiger partial charge in [0.05, 0.1) is 27.5 Å². The first-order valence-corrected chi connectivity index (χ1v) is 9.20. The molecule has 0 fully saturated rings. The predicted octanol–water partition coefficient (Wildman–Crippen LogP) is 3.18. The number of benzene rings is 2. The zero-order valence-electron chi connectivity index (χ0n) is 17.2. The Labute approximate surface area is 174 Å².